The average molecular weight is 256 g/mol. The first kappa shape index (κ1) is 11.4. The van der Waals surface area contributed by atoms with Crippen LogP contribution in [0.4, 0.5) is 0 Å². The molecule has 2 nitrogen and oxygen atoms in total. The Morgan fingerprint density at radius 3 is 2.50 bits per heavy atom. The van der Waals surface area contributed by atoms with Crippen LogP contribution in [0.15, 0.2) is 28.7 Å². The highest BCUT2D eigenvalue weighted by Gasteiger charge is 2.06. The maximum absolute atomic E-state index is 10.8. The van der Waals surface area contributed by atoms with E-state index in [1.165, 1.54) is 0 Å². The van der Waals surface area contributed by atoms with Gasteiger partial charge in [0.05, 0.1) is 0 Å². The second-order valence-electron chi connectivity index (χ2n) is 3.40. The van der Waals surface area contributed by atoms with E-state index in [1.54, 1.807) is 6.92 Å². The molecule has 76 valence electrons. The minimum absolute atomic E-state index is 0.0352. The van der Waals surface area contributed by atoms with Gasteiger partial charge in [-0.1, -0.05) is 28.1 Å². The molecular formula is C11H14BrNO. The van der Waals surface area contributed by atoms with Crippen molar-refractivity contribution in [3.05, 3.63) is 34.3 Å². The molecule has 3 heteroatoms. The van der Waals surface area contributed by atoms with Crippen LogP contribution in [0.1, 0.15) is 31.4 Å². The maximum atomic E-state index is 10.8. The van der Waals surface area contributed by atoms with Crippen molar-refractivity contribution in [3.8, 4) is 0 Å². The average Bonchev–Trinajstić information content (AvgIpc) is 2.15. The summed E-state index contributed by atoms with van der Waals surface area (Å²) in [6, 6.07) is 7.85. The normalized spacial score (nSPS) is 12.5. The zero-order valence-electron chi connectivity index (χ0n) is 8.16. The lowest BCUT2D eigenvalue weighted by Crippen LogP contribution is -2.11. The molecule has 1 rings (SSSR count). The Hall–Kier alpha value is -0.670. The van der Waals surface area contributed by atoms with E-state index in [-0.39, 0.29) is 11.8 Å². The summed E-state index contributed by atoms with van der Waals surface area (Å²) in [6.07, 6.45) is 1.27. The van der Waals surface area contributed by atoms with Crippen molar-refractivity contribution in [3.63, 3.8) is 0 Å². The molecule has 14 heavy (non-hydrogen) atoms. The van der Waals surface area contributed by atoms with Crippen LogP contribution in [-0.4, -0.2) is 5.78 Å². The Labute approximate surface area is 92.6 Å². The maximum Gasteiger partial charge on any atom is 0.129 e. The molecule has 1 unspecified atom stereocenters. The highest BCUT2D eigenvalue weighted by atomic mass is 79.9. The monoisotopic (exact) mass is 255 g/mol. The van der Waals surface area contributed by atoms with E-state index in [0.717, 1.165) is 16.5 Å². The number of hydrogen-bond acceptors (Lipinski definition) is 2. The molecule has 0 spiro atoms. The quantitative estimate of drug-likeness (QED) is 0.900. The molecule has 0 aliphatic heterocycles. The van der Waals surface area contributed by atoms with Crippen molar-refractivity contribution < 1.29 is 4.79 Å². The van der Waals surface area contributed by atoms with Crippen LogP contribution < -0.4 is 5.73 Å². The zero-order chi connectivity index (χ0) is 10.6. The van der Waals surface area contributed by atoms with Gasteiger partial charge < -0.3 is 10.5 Å². The molecule has 1 aromatic rings. The van der Waals surface area contributed by atoms with E-state index in [4.69, 9.17) is 5.73 Å². The second-order valence-corrected chi connectivity index (χ2v) is 4.31. The Balaban J connectivity index is 2.56. The number of ketones is 1. The second kappa shape index (κ2) is 5.27. The number of halogens is 1. The molecule has 0 radical (unpaired) electrons. The Kier molecular flexibility index (Phi) is 4.29. The molecular weight excluding hydrogens is 242 g/mol. The third-order valence-electron chi connectivity index (χ3n) is 2.11. The molecule has 0 aliphatic carbocycles. The molecule has 2 N–H and O–H groups in total. The van der Waals surface area contributed by atoms with E-state index < -0.39 is 0 Å². The molecule has 0 saturated heterocycles. The van der Waals surface area contributed by atoms with Gasteiger partial charge in [-0.05, 0) is 31.0 Å². The fourth-order valence-corrected chi connectivity index (χ4v) is 1.50. The van der Waals surface area contributed by atoms with Gasteiger partial charge in [-0.25, -0.2) is 0 Å². The predicted molar refractivity (Wildman–Crippen MR) is 61.0 cm³/mol. The lowest BCUT2D eigenvalue weighted by atomic mass is 10.0. The molecule has 1 aromatic carbocycles. The van der Waals surface area contributed by atoms with Crippen molar-refractivity contribution in [2.75, 3.05) is 0 Å². The van der Waals surface area contributed by atoms with Crippen molar-refractivity contribution in [1.29, 1.82) is 0 Å². The van der Waals surface area contributed by atoms with Gasteiger partial charge >= 0.3 is 0 Å². The Morgan fingerprint density at radius 2 is 2.00 bits per heavy atom. The van der Waals surface area contributed by atoms with Gasteiger partial charge in [-0.15, -0.1) is 0 Å². The van der Waals surface area contributed by atoms with Crippen molar-refractivity contribution in [1.82, 2.24) is 0 Å². The largest absolute Gasteiger partial charge is 0.324 e. The summed E-state index contributed by atoms with van der Waals surface area (Å²) in [6.45, 7) is 1.59. The summed E-state index contributed by atoms with van der Waals surface area (Å²) in [5, 5.41) is 0. The van der Waals surface area contributed by atoms with Crippen LogP contribution >= 0.6 is 15.9 Å². The van der Waals surface area contributed by atoms with Crippen LogP contribution in [-0.2, 0) is 4.79 Å². The van der Waals surface area contributed by atoms with Gasteiger partial charge in [0.25, 0.3) is 0 Å². The number of carbonyl (C=O) groups excluding carboxylic acids is 1. The first-order valence-electron chi connectivity index (χ1n) is 4.60. The lowest BCUT2D eigenvalue weighted by molar-refractivity contribution is -0.117. The van der Waals surface area contributed by atoms with Gasteiger partial charge in [0, 0.05) is 16.9 Å². The summed E-state index contributed by atoms with van der Waals surface area (Å²) in [4.78, 5) is 10.8. The van der Waals surface area contributed by atoms with Crippen LogP contribution in [0.3, 0.4) is 0 Å². The van der Waals surface area contributed by atoms with Gasteiger partial charge in [-0.2, -0.15) is 0 Å². The van der Waals surface area contributed by atoms with Gasteiger partial charge in [0.1, 0.15) is 5.78 Å². The van der Waals surface area contributed by atoms with Crippen LogP contribution in [0.25, 0.3) is 0 Å². The number of benzene rings is 1. The van der Waals surface area contributed by atoms with Gasteiger partial charge in [0.2, 0.25) is 0 Å². The molecule has 0 amide bonds. The van der Waals surface area contributed by atoms with Crippen LogP contribution in [0.5, 0.6) is 0 Å². The molecule has 0 bridgehead atoms. The zero-order valence-corrected chi connectivity index (χ0v) is 9.75. The lowest BCUT2D eigenvalue weighted by Gasteiger charge is -2.10. The summed E-state index contributed by atoms with van der Waals surface area (Å²) >= 11 is 3.36. The third kappa shape index (κ3) is 3.60. The summed E-state index contributed by atoms with van der Waals surface area (Å²) in [5.74, 6) is 0.192. The van der Waals surface area contributed by atoms with Crippen molar-refractivity contribution in [2.24, 2.45) is 5.73 Å². The fourth-order valence-electron chi connectivity index (χ4n) is 1.24. The topological polar surface area (TPSA) is 43.1 Å². The highest BCUT2D eigenvalue weighted by Crippen LogP contribution is 2.18. The van der Waals surface area contributed by atoms with Gasteiger partial charge in [0.15, 0.2) is 0 Å². The molecule has 0 saturated carbocycles. The van der Waals surface area contributed by atoms with Crippen LogP contribution in [0, 0.1) is 0 Å². The number of Topliss-reactive ketones (excluding diaryl/α,β-unsaturated/α-hetero) is 1. The number of rotatable bonds is 4. The SMILES string of the molecule is CC(=O)CCC(N)c1ccc(Br)cc1. The fraction of sp³-hybridized carbons (Fsp3) is 0.364. The van der Waals surface area contributed by atoms with E-state index in [9.17, 15) is 4.79 Å². The van der Waals surface area contributed by atoms with E-state index in [2.05, 4.69) is 15.9 Å². The smallest absolute Gasteiger partial charge is 0.129 e. The predicted octanol–water partition coefficient (Wildman–Crippen LogP) is 2.82. The van der Waals surface area contributed by atoms with E-state index >= 15 is 0 Å². The van der Waals surface area contributed by atoms with Gasteiger partial charge in [-0.3, -0.25) is 0 Å². The molecule has 0 heterocycles. The van der Waals surface area contributed by atoms with Crippen LogP contribution in [0.2, 0.25) is 0 Å². The summed E-state index contributed by atoms with van der Waals surface area (Å²) in [7, 11) is 0. The van der Waals surface area contributed by atoms with E-state index in [1.807, 2.05) is 24.3 Å². The first-order valence-corrected chi connectivity index (χ1v) is 5.39. The Bertz CT molecular complexity index is 308. The minimum atomic E-state index is -0.0352. The Morgan fingerprint density at radius 1 is 1.43 bits per heavy atom. The molecule has 0 aliphatic rings. The van der Waals surface area contributed by atoms with Crippen molar-refractivity contribution in [2.45, 2.75) is 25.8 Å². The third-order valence-corrected chi connectivity index (χ3v) is 2.63. The summed E-state index contributed by atoms with van der Waals surface area (Å²) in [5.41, 5.74) is 7.00. The van der Waals surface area contributed by atoms with Crippen molar-refractivity contribution >= 4 is 21.7 Å². The molecule has 1 atom stereocenters. The number of hydrogen-bond donors (Lipinski definition) is 1. The number of nitrogens with two attached hydrogens (primary N) is 1. The summed E-state index contributed by atoms with van der Waals surface area (Å²) < 4.78 is 1.04. The van der Waals surface area contributed by atoms with E-state index in [0.29, 0.717) is 6.42 Å². The highest BCUT2D eigenvalue weighted by molar-refractivity contribution is 9.10. The first-order chi connectivity index (χ1) is 6.59. The standard InChI is InChI=1S/C11H14BrNO/c1-8(14)2-7-11(13)9-3-5-10(12)6-4-9/h3-6,11H,2,7,13H2,1H3. The molecule has 0 fully saturated rings. The molecule has 0 aromatic heterocycles. The number of carbonyl (C=O) groups is 1. The minimum Gasteiger partial charge on any atom is -0.324 e.